The van der Waals surface area contributed by atoms with E-state index in [9.17, 15) is 0 Å². The zero-order valence-electron chi connectivity index (χ0n) is 12.7. The van der Waals surface area contributed by atoms with E-state index in [1.165, 1.54) is 12.8 Å². The lowest BCUT2D eigenvalue weighted by Crippen LogP contribution is -2.44. The molecule has 1 heterocycles. The summed E-state index contributed by atoms with van der Waals surface area (Å²) in [6.45, 7) is 12.2. The van der Waals surface area contributed by atoms with Crippen LogP contribution in [0.25, 0.3) is 0 Å². The van der Waals surface area contributed by atoms with Crippen molar-refractivity contribution in [1.29, 1.82) is 0 Å². The highest BCUT2D eigenvalue weighted by Gasteiger charge is 2.27. The lowest BCUT2D eigenvalue weighted by molar-refractivity contribution is 0.237. The highest BCUT2D eigenvalue weighted by molar-refractivity contribution is 4.93. The fourth-order valence-corrected chi connectivity index (χ4v) is 2.18. The van der Waals surface area contributed by atoms with Crippen molar-refractivity contribution in [2.45, 2.75) is 59.4 Å². The Labute approximate surface area is 111 Å². The van der Waals surface area contributed by atoms with E-state index in [1.807, 2.05) is 11.7 Å². The topological polar surface area (TPSA) is 42.7 Å². The van der Waals surface area contributed by atoms with E-state index in [0.29, 0.717) is 0 Å². The van der Waals surface area contributed by atoms with Gasteiger partial charge in [-0.3, -0.25) is 4.68 Å². The predicted octanol–water partition coefficient (Wildman–Crippen LogP) is 2.55. The quantitative estimate of drug-likeness (QED) is 0.846. The van der Waals surface area contributed by atoms with Crippen molar-refractivity contribution < 1.29 is 0 Å². The molecule has 104 valence electrons. The Kier molecular flexibility index (Phi) is 4.91. The normalized spacial score (nSPS) is 15.7. The van der Waals surface area contributed by atoms with Gasteiger partial charge in [-0.15, -0.1) is 0 Å². The summed E-state index contributed by atoms with van der Waals surface area (Å²) in [7, 11) is 1.96. The molecule has 0 saturated heterocycles. The van der Waals surface area contributed by atoms with Crippen molar-refractivity contribution in [3.05, 3.63) is 12.2 Å². The molecule has 0 aromatic carbocycles. The first-order valence-electron chi connectivity index (χ1n) is 6.84. The monoisotopic (exact) mass is 252 g/mol. The first-order chi connectivity index (χ1) is 8.26. The number of hydrogen-bond acceptors (Lipinski definition) is 3. The summed E-state index contributed by atoms with van der Waals surface area (Å²) in [5.41, 5.74) is 0.401. The van der Waals surface area contributed by atoms with Crippen LogP contribution in [0.3, 0.4) is 0 Å². The number of aromatic nitrogens is 3. The van der Waals surface area contributed by atoms with Crippen LogP contribution in [-0.2, 0) is 13.5 Å². The number of aryl methyl sites for hydroxylation is 1. The van der Waals surface area contributed by atoms with Gasteiger partial charge in [-0.25, -0.2) is 4.98 Å². The molecular formula is C14H28N4. The van der Waals surface area contributed by atoms with Gasteiger partial charge in [-0.2, -0.15) is 5.10 Å². The maximum Gasteiger partial charge on any atom is 0.138 e. The standard InChI is InChI=1S/C14H28N4/c1-7-8-14(5,10-16-13(2,3)4)9-12-15-11-17-18(12)6/h11,16H,7-10H2,1-6H3. The molecule has 1 aromatic heterocycles. The molecule has 0 fully saturated rings. The van der Waals surface area contributed by atoms with Crippen LogP contribution in [-0.4, -0.2) is 26.8 Å². The largest absolute Gasteiger partial charge is 0.312 e. The molecule has 0 aliphatic heterocycles. The van der Waals surface area contributed by atoms with Gasteiger partial charge in [0.15, 0.2) is 0 Å². The van der Waals surface area contributed by atoms with Crippen LogP contribution >= 0.6 is 0 Å². The second-order valence-corrected chi connectivity index (χ2v) is 6.64. The molecule has 0 aliphatic rings. The van der Waals surface area contributed by atoms with Crippen LogP contribution in [0.4, 0.5) is 0 Å². The Morgan fingerprint density at radius 1 is 1.28 bits per heavy atom. The van der Waals surface area contributed by atoms with Crippen molar-refractivity contribution in [1.82, 2.24) is 20.1 Å². The summed E-state index contributed by atoms with van der Waals surface area (Å²) in [5, 5.41) is 7.78. The summed E-state index contributed by atoms with van der Waals surface area (Å²) >= 11 is 0. The first-order valence-corrected chi connectivity index (χ1v) is 6.84. The maximum absolute atomic E-state index is 4.35. The lowest BCUT2D eigenvalue weighted by atomic mass is 9.81. The minimum absolute atomic E-state index is 0.162. The van der Waals surface area contributed by atoms with Gasteiger partial charge in [0, 0.05) is 25.6 Å². The molecule has 0 bridgehead atoms. The van der Waals surface area contributed by atoms with Gasteiger partial charge in [0.25, 0.3) is 0 Å². The third-order valence-electron chi connectivity index (χ3n) is 3.29. The molecule has 18 heavy (non-hydrogen) atoms. The van der Waals surface area contributed by atoms with E-state index in [-0.39, 0.29) is 11.0 Å². The zero-order valence-corrected chi connectivity index (χ0v) is 12.7. The van der Waals surface area contributed by atoms with Crippen LogP contribution in [0.5, 0.6) is 0 Å². The Bertz CT molecular complexity index is 364. The van der Waals surface area contributed by atoms with E-state index in [2.05, 4.69) is 50.0 Å². The van der Waals surface area contributed by atoms with Gasteiger partial charge in [0.1, 0.15) is 12.2 Å². The number of hydrogen-bond donors (Lipinski definition) is 1. The number of rotatable bonds is 6. The van der Waals surface area contributed by atoms with Gasteiger partial charge < -0.3 is 5.32 Å². The second kappa shape index (κ2) is 5.83. The van der Waals surface area contributed by atoms with Crippen molar-refractivity contribution in [3.63, 3.8) is 0 Å². The molecule has 1 rings (SSSR count). The fourth-order valence-electron chi connectivity index (χ4n) is 2.18. The predicted molar refractivity (Wildman–Crippen MR) is 75.5 cm³/mol. The van der Waals surface area contributed by atoms with E-state index in [0.717, 1.165) is 18.8 Å². The van der Waals surface area contributed by atoms with Crippen molar-refractivity contribution in [3.8, 4) is 0 Å². The average Bonchev–Trinajstić information content (AvgIpc) is 2.61. The van der Waals surface area contributed by atoms with Gasteiger partial charge in [-0.1, -0.05) is 20.3 Å². The summed E-state index contributed by atoms with van der Waals surface area (Å²) in [6, 6.07) is 0. The minimum atomic E-state index is 0.162. The fraction of sp³-hybridized carbons (Fsp3) is 0.857. The second-order valence-electron chi connectivity index (χ2n) is 6.64. The highest BCUT2D eigenvalue weighted by Crippen LogP contribution is 2.27. The lowest BCUT2D eigenvalue weighted by Gasteiger charge is -2.33. The molecule has 0 radical (unpaired) electrons. The van der Waals surface area contributed by atoms with Crippen LogP contribution in [0.15, 0.2) is 6.33 Å². The molecule has 1 aromatic rings. The van der Waals surface area contributed by atoms with Crippen LogP contribution in [0.1, 0.15) is 53.3 Å². The summed E-state index contributed by atoms with van der Waals surface area (Å²) in [5.74, 6) is 1.07. The van der Waals surface area contributed by atoms with Gasteiger partial charge in [0.05, 0.1) is 0 Å². The van der Waals surface area contributed by atoms with Crippen molar-refractivity contribution in [2.24, 2.45) is 12.5 Å². The van der Waals surface area contributed by atoms with Crippen molar-refractivity contribution >= 4 is 0 Å². The Morgan fingerprint density at radius 2 is 1.94 bits per heavy atom. The average molecular weight is 252 g/mol. The third kappa shape index (κ3) is 4.77. The van der Waals surface area contributed by atoms with Gasteiger partial charge in [-0.05, 0) is 32.6 Å². The number of nitrogens with zero attached hydrogens (tertiary/aromatic N) is 3. The Morgan fingerprint density at radius 3 is 2.39 bits per heavy atom. The molecule has 0 spiro atoms. The van der Waals surface area contributed by atoms with E-state index in [4.69, 9.17) is 0 Å². The smallest absolute Gasteiger partial charge is 0.138 e. The summed E-state index contributed by atoms with van der Waals surface area (Å²) in [4.78, 5) is 4.35. The first kappa shape index (κ1) is 15.2. The molecule has 0 saturated carbocycles. The van der Waals surface area contributed by atoms with Gasteiger partial charge >= 0.3 is 0 Å². The zero-order chi connectivity index (χ0) is 13.8. The highest BCUT2D eigenvalue weighted by atomic mass is 15.3. The van der Waals surface area contributed by atoms with Crippen molar-refractivity contribution in [2.75, 3.05) is 6.54 Å². The molecule has 1 N–H and O–H groups in total. The summed E-state index contributed by atoms with van der Waals surface area (Å²) < 4.78 is 1.88. The Hall–Kier alpha value is -0.900. The molecule has 4 heteroatoms. The van der Waals surface area contributed by atoms with Crippen LogP contribution in [0.2, 0.25) is 0 Å². The van der Waals surface area contributed by atoms with E-state index < -0.39 is 0 Å². The van der Waals surface area contributed by atoms with Crippen LogP contribution < -0.4 is 5.32 Å². The molecule has 1 atom stereocenters. The molecule has 1 unspecified atom stereocenters. The molecule has 0 aliphatic carbocycles. The van der Waals surface area contributed by atoms with Gasteiger partial charge in [0.2, 0.25) is 0 Å². The molecular weight excluding hydrogens is 224 g/mol. The maximum atomic E-state index is 4.35. The van der Waals surface area contributed by atoms with E-state index in [1.54, 1.807) is 6.33 Å². The van der Waals surface area contributed by atoms with Crippen LogP contribution in [0, 0.1) is 5.41 Å². The third-order valence-corrected chi connectivity index (χ3v) is 3.29. The Balaban J connectivity index is 2.71. The molecule has 4 nitrogen and oxygen atoms in total. The molecule has 0 amide bonds. The number of nitrogens with one attached hydrogen (secondary N) is 1. The SMILES string of the molecule is CCCC(C)(CNC(C)(C)C)Cc1ncnn1C. The minimum Gasteiger partial charge on any atom is -0.312 e. The van der Waals surface area contributed by atoms with E-state index >= 15 is 0 Å². The summed E-state index contributed by atoms with van der Waals surface area (Å²) in [6.07, 6.45) is 5.00.